The summed E-state index contributed by atoms with van der Waals surface area (Å²) in [5.41, 5.74) is 1.49. The van der Waals surface area contributed by atoms with E-state index in [1.54, 1.807) is 17.2 Å². The lowest BCUT2D eigenvalue weighted by molar-refractivity contribution is 0.0584. The minimum absolute atomic E-state index is 0.309. The molecule has 1 aliphatic heterocycles. The van der Waals surface area contributed by atoms with Gasteiger partial charge in [-0.2, -0.15) is 5.26 Å². The molecule has 0 radical (unpaired) electrons. The Morgan fingerprint density at radius 3 is 2.89 bits per heavy atom. The van der Waals surface area contributed by atoms with Gasteiger partial charge in [0.2, 0.25) is 0 Å². The van der Waals surface area contributed by atoms with E-state index < -0.39 is 5.60 Å². The maximum atomic E-state index is 12.0. The lowest BCUT2D eigenvalue weighted by atomic mass is 10.2. The zero-order valence-electron chi connectivity index (χ0n) is 10.7. The summed E-state index contributed by atoms with van der Waals surface area (Å²) in [6, 6.07) is 3.61. The lowest BCUT2D eigenvalue weighted by Gasteiger charge is -2.24. The molecule has 0 fully saturated rings. The van der Waals surface area contributed by atoms with Crippen LogP contribution in [0.1, 0.15) is 32.0 Å². The van der Waals surface area contributed by atoms with Gasteiger partial charge in [-0.3, -0.25) is 4.90 Å². The molecule has 0 aromatic carbocycles. The lowest BCUT2D eigenvalue weighted by Crippen LogP contribution is -2.35. The van der Waals surface area contributed by atoms with Gasteiger partial charge in [0, 0.05) is 12.7 Å². The molecule has 0 saturated heterocycles. The molecule has 0 spiro atoms. The highest BCUT2D eigenvalue weighted by molar-refractivity contribution is 5.90. The fourth-order valence-corrected chi connectivity index (χ4v) is 1.84. The van der Waals surface area contributed by atoms with Crippen molar-refractivity contribution in [2.75, 3.05) is 11.4 Å². The Hall–Kier alpha value is -2.09. The van der Waals surface area contributed by atoms with Crippen molar-refractivity contribution in [3.63, 3.8) is 0 Å². The Labute approximate surface area is 106 Å². The van der Waals surface area contributed by atoms with E-state index in [9.17, 15) is 4.79 Å². The fourth-order valence-electron chi connectivity index (χ4n) is 1.84. The van der Waals surface area contributed by atoms with Gasteiger partial charge in [0.1, 0.15) is 17.4 Å². The average Bonchev–Trinajstić information content (AvgIpc) is 2.69. The highest BCUT2D eigenvalue weighted by Crippen LogP contribution is 2.29. The minimum atomic E-state index is -0.523. The first-order valence-corrected chi connectivity index (χ1v) is 5.80. The van der Waals surface area contributed by atoms with Gasteiger partial charge in [0.25, 0.3) is 0 Å². The van der Waals surface area contributed by atoms with Crippen molar-refractivity contribution < 1.29 is 9.53 Å². The zero-order valence-corrected chi connectivity index (χ0v) is 10.7. The monoisotopic (exact) mass is 245 g/mol. The first-order valence-electron chi connectivity index (χ1n) is 5.80. The van der Waals surface area contributed by atoms with Gasteiger partial charge in [0.15, 0.2) is 0 Å². The third kappa shape index (κ3) is 2.43. The minimum Gasteiger partial charge on any atom is -0.443 e. The predicted octanol–water partition coefficient (Wildman–Crippen LogP) is 2.25. The number of ether oxygens (including phenoxy) is 1. The molecular weight excluding hydrogens is 230 g/mol. The summed E-state index contributed by atoms with van der Waals surface area (Å²) in [5, 5.41) is 8.83. The van der Waals surface area contributed by atoms with E-state index in [1.165, 1.54) is 0 Å². The largest absolute Gasteiger partial charge is 0.443 e. The molecule has 0 aliphatic carbocycles. The number of pyridine rings is 1. The Balaban J connectivity index is 2.26. The standard InChI is InChI=1S/C13H15N3O2/c1-13(2,3)18-12(17)16-5-4-9-8-15-10(7-14)6-11(9)16/h6,8H,4-5H2,1-3H3. The third-order valence-corrected chi connectivity index (χ3v) is 2.59. The molecule has 1 aromatic heterocycles. The van der Waals surface area contributed by atoms with Crippen LogP contribution in [0.25, 0.3) is 0 Å². The Kier molecular flexibility index (Phi) is 2.95. The number of hydrogen-bond donors (Lipinski definition) is 0. The number of fused-ring (bicyclic) bond motifs is 1. The molecule has 1 aromatic rings. The second-order valence-electron chi connectivity index (χ2n) is 5.19. The molecule has 2 rings (SSSR count). The summed E-state index contributed by atoms with van der Waals surface area (Å²) in [6.07, 6.45) is 2.02. The molecule has 0 unspecified atom stereocenters. The van der Waals surface area contributed by atoms with Crippen LogP contribution >= 0.6 is 0 Å². The number of nitriles is 1. The summed E-state index contributed by atoms with van der Waals surface area (Å²) in [4.78, 5) is 17.6. The number of rotatable bonds is 0. The molecule has 0 atom stereocenters. The number of amides is 1. The second-order valence-corrected chi connectivity index (χ2v) is 5.19. The zero-order chi connectivity index (χ0) is 13.3. The van der Waals surface area contributed by atoms with Crippen molar-refractivity contribution in [1.82, 2.24) is 4.98 Å². The maximum absolute atomic E-state index is 12.0. The smallest absolute Gasteiger partial charge is 0.414 e. The van der Waals surface area contributed by atoms with E-state index >= 15 is 0 Å². The molecule has 0 bridgehead atoms. The Morgan fingerprint density at radius 1 is 1.56 bits per heavy atom. The van der Waals surface area contributed by atoms with Gasteiger partial charge >= 0.3 is 6.09 Å². The highest BCUT2D eigenvalue weighted by Gasteiger charge is 2.29. The van der Waals surface area contributed by atoms with Gasteiger partial charge in [-0.25, -0.2) is 9.78 Å². The molecule has 18 heavy (non-hydrogen) atoms. The highest BCUT2D eigenvalue weighted by atomic mass is 16.6. The van der Waals surface area contributed by atoms with E-state index in [4.69, 9.17) is 10.00 Å². The number of nitrogens with zero attached hydrogens (tertiary/aromatic N) is 3. The van der Waals surface area contributed by atoms with E-state index in [-0.39, 0.29) is 6.09 Å². The molecule has 94 valence electrons. The van der Waals surface area contributed by atoms with E-state index in [1.807, 2.05) is 26.8 Å². The fraction of sp³-hybridized carbons (Fsp3) is 0.462. The van der Waals surface area contributed by atoms with Crippen molar-refractivity contribution in [3.05, 3.63) is 23.5 Å². The van der Waals surface area contributed by atoms with Crippen molar-refractivity contribution in [1.29, 1.82) is 5.26 Å². The van der Waals surface area contributed by atoms with Crippen molar-refractivity contribution in [2.45, 2.75) is 32.8 Å². The summed E-state index contributed by atoms with van der Waals surface area (Å²) in [5.74, 6) is 0. The molecule has 5 heteroatoms. The predicted molar refractivity (Wildman–Crippen MR) is 66.2 cm³/mol. The number of carbonyl (C=O) groups is 1. The summed E-state index contributed by atoms with van der Waals surface area (Å²) < 4.78 is 5.34. The van der Waals surface area contributed by atoms with E-state index in [2.05, 4.69) is 4.98 Å². The van der Waals surface area contributed by atoms with Gasteiger partial charge in [-0.1, -0.05) is 0 Å². The van der Waals surface area contributed by atoms with Crippen molar-refractivity contribution in [2.24, 2.45) is 0 Å². The van der Waals surface area contributed by atoms with Crippen LogP contribution in [-0.2, 0) is 11.2 Å². The summed E-state index contributed by atoms with van der Waals surface area (Å²) >= 11 is 0. The summed E-state index contributed by atoms with van der Waals surface area (Å²) in [7, 11) is 0. The van der Waals surface area contributed by atoms with Crippen LogP contribution in [0.3, 0.4) is 0 Å². The topological polar surface area (TPSA) is 66.2 Å². The van der Waals surface area contributed by atoms with Crippen LogP contribution in [0.15, 0.2) is 12.3 Å². The first-order chi connectivity index (χ1) is 8.40. The number of hydrogen-bond acceptors (Lipinski definition) is 4. The first kappa shape index (κ1) is 12.4. The molecule has 1 amide bonds. The Bertz CT molecular complexity index is 526. The van der Waals surface area contributed by atoms with Crippen molar-refractivity contribution >= 4 is 11.8 Å². The quantitative estimate of drug-likeness (QED) is 0.703. The third-order valence-electron chi connectivity index (χ3n) is 2.59. The van der Waals surface area contributed by atoms with Crippen LogP contribution in [0.2, 0.25) is 0 Å². The van der Waals surface area contributed by atoms with Crippen LogP contribution in [0.4, 0.5) is 10.5 Å². The second kappa shape index (κ2) is 4.30. The van der Waals surface area contributed by atoms with Crippen LogP contribution in [-0.4, -0.2) is 23.2 Å². The maximum Gasteiger partial charge on any atom is 0.414 e. The molecule has 5 nitrogen and oxygen atoms in total. The number of aromatic nitrogens is 1. The number of carbonyl (C=O) groups excluding carboxylic acids is 1. The van der Waals surface area contributed by atoms with E-state index in [0.717, 1.165) is 17.7 Å². The van der Waals surface area contributed by atoms with E-state index in [0.29, 0.717) is 12.2 Å². The molecule has 2 heterocycles. The van der Waals surface area contributed by atoms with Crippen LogP contribution in [0.5, 0.6) is 0 Å². The van der Waals surface area contributed by atoms with Crippen molar-refractivity contribution in [3.8, 4) is 6.07 Å². The molecule has 1 aliphatic rings. The van der Waals surface area contributed by atoms with Gasteiger partial charge in [0.05, 0.1) is 5.69 Å². The van der Waals surface area contributed by atoms with Crippen LogP contribution in [0, 0.1) is 11.3 Å². The normalized spacial score (nSPS) is 14.0. The summed E-state index contributed by atoms with van der Waals surface area (Å²) in [6.45, 7) is 6.06. The van der Waals surface area contributed by atoms with Gasteiger partial charge < -0.3 is 4.74 Å². The molecular formula is C13H15N3O2. The van der Waals surface area contributed by atoms with Crippen LogP contribution < -0.4 is 4.90 Å². The number of anilines is 1. The van der Waals surface area contributed by atoms with Gasteiger partial charge in [-0.15, -0.1) is 0 Å². The molecule has 0 saturated carbocycles. The molecule has 0 N–H and O–H groups in total. The van der Waals surface area contributed by atoms with Gasteiger partial charge in [-0.05, 0) is 38.8 Å². The Morgan fingerprint density at radius 2 is 2.28 bits per heavy atom. The average molecular weight is 245 g/mol. The SMILES string of the molecule is CC(C)(C)OC(=O)N1CCc2cnc(C#N)cc21.